The minimum absolute atomic E-state index is 0.197. The Morgan fingerprint density at radius 2 is 1.88 bits per heavy atom. The number of hydrogen-bond acceptors (Lipinski definition) is 5. The summed E-state index contributed by atoms with van der Waals surface area (Å²) >= 11 is 5.73. The number of hydrogen-bond donors (Lipinski definition) is 2. The standard InChI is InChI=1S/C17H13ClFNO5/c1-9(21)20-11-3-4-12(14(19)7-11)16(23)8-25-17(24)13-6-10(18)2-5-15(13)22/h2-7,22H,8H2,1H3,(H,20,21). The highest BCUT2D eigenvalue weighted by atomic mass is 35.5. The molecule has 0 saturated heterocycles. The highest BCUT2D eigenvalue weighted by Gasteiger charge is 2.18. The Morgan fingerprint density at radius 1 is 1.16 bits per heavy atom. The maximum atomic E-state index is 13.9. The zero-order valence-corrected chi connectivity index (χ0v) is 13.8. The van der Waals surface area contributed by atoms with Crippen LogP contribution in [0.5, 0.6) is 5.75 Å². The molecule has 0 bridgehead atoms. The zero-order chi connectivity index (χ0) is 18.6. The summed E-state index contributed by atoms with van der Waals surface area (Å²) in [5.41, 5.74) is -0.304. The summed E-state index contributed by atoms with van der Waals surface area (Å²) in [5, 5.41) is 12.2. The maximum Gasteiger partial charge on any atom is 0.342 e. The molecule has 0 fully saturated rings. The number of rotatable bonds is 5. The molecule has 0 unspecified atom stereocenters. The Balaban J connectivity index is 2.06. The van der Waals surface area contributed by atoms with Crippen LogP contribution in [-0.2, 0) is 9.53 Å². The molecule has 2 aromatic carbocycles. The van der Waals surface area contributed by atoms with Crippen LogP contribution in [0.25, 0.3) is 0 Å². The van der Waals surface area contributed by atoms with Gasteiger partial charge in [-0.15, -0.1) is 0 Å². The van der Waals surface area contributed by atoms with Crippen molar-refractivity contribution in [3.8, 4) is 5.75 Å². The van der Waals surface area contributed by atoms with Gasteiger partial charge < -0.3 is 15.2 Å². The van der Waals surface area contributed by atoms with Gasteiger partial charge in [-0.1, -0.05) is 11.6 Å². The van der Waals surface area contributed by atoms with Crippen LogP contribution in [0.1, 0.15) is 27.6 Å². The lowest BCUT2D eigenvalue weighted by Crippen LogP contribution is -2.16. The third-order valence-corrected chi connectivity index (χ3v) is 3.34. The quantitative estimate of drug-likeness (QED) is 0.627. The number of aromatic hydroxyl groups is 1. The first-order chi connectivity index (χ1) is 11.8. The number of phenolic OH excluding ortho intramolecular Hbond substituents is 1. The van der Waals surface area contributed by atoms with Crippen LogP contribution in [0.4, 0.5) is 10.1 Å². The van der Waals surface area contributed by atoms with Gasteiger partial charge >= 0.3 is 5.97 Å². The van der Waals surface area contributed by atoms with Gasteiger partial charge in [0.2, 0.25) is 11.7 Å². The predicted octanol–water partition coefficient (Wildman–Crippen LogP) is 3.18. The van der Waals surface area contributed by atoms with Gasteiger partial charge in [-0.2, -0.15) is 0 Å². The van der Waals surface area contributed by atoms with Gasteiger partial charge in [-0.3, -0.25) is 9.59 Å². The van der Waals surface area contributed by atoms with Crippen LogP contribution in [0, 0.1) is 5.82 Å². The lowest BCUT2D eigenvalue weighted by atomic mass is 10.1. The first-order valence-corrected chi connectivity index (χ1v) is 7.41. The van der Waals surface area contributed by atoms with E-state index >= 15 is 0 Å². The number of amides is 1. The first-order valence-electron chi connectivity index (χ1n) is 7.04. The van der Waals surface area contributed by atoms with E-state index < -0.39 is 24.2 Å². The third-order valence-electron chi connectivity index (χ3n) is 3.10. The molecule has 0 aliphatic heterocycles. The average molecular weight is 366 g/mol. The second-order valence-corrected chi connectivity index (χ2v) is 5.47. The highest BCUT2D eigenvalue weighted by Crippen LogP contribution is 2.22. The van der Waals surface area contributed by atoms with E-state index in [2.05, 4.69) is 5.32 Å². The van der Waals surface area contributed by atoms with Crippen LogP contribution < -0.4 is 5.32 Å². The van der Waals surface area contributed by atoms with Gasteiger partial charge in [0.15, 0.2) is 6.61 Å². The topological polar surface area (TPSA) is 92.7 Å². The Labute approximate surface area is 147 Å². The molecule has 0 aliphatic rings. The molecule has 2 rings (SSSR count). The summed E-state index contributed by atoms with van der Waals surface area (Å²) in [6.45, 7) is 0.545. The van der Waals surface area contributed by atoms with E-state index in [9.17, 15) is 23.9 Å². The lowest BCUT2D eigenvalue weighted by molar-refractivity contribution is -0.114. The smallest absolute Gasteiger partial charge is 0.342 e. The number of phenols is 1. The molecule has 130 valence electrons. The van der Waals surface area contributed by atoms with Crippen molar-refractivity contribution in [2.75, 3.05) is 11.9 Å². The van der Waals surface area contributed by atoms with Gasteiger partial charge in [0.05, 0.1) is 5.56 Å². The number of carbonyl (C=O) groups excluding carboxylic acids is 3. The van der Waals surface area contributed by atoms with Gasteiger partial charge in [0.1, 0.15) is 17.1 Å². The van der Waals surface area contributed by atoms with Crippen LogP contribution in [-0.4, -0.2) is 29.4 Å². The maximum absolute atomic E-state index is 13.9. The van der Waals surface area contributed by atoms with Crippen molar-refractivity contribution in [1.29, 1.82) is 0 Å². The molecule has 0 aromatic heterocycles. The summed E-state index contributed by atoms with van der Waals surface area (Å²) in [7, 11) is 0. The summed E-state index contributed by atoms with van der Waals surface area (Å²) in [5.74, 6) is -3.34. The summed E-state index contributed by atoms with van der Waals surface area (Å²) < 4.78 is 18.7. The van der Waals surface area contributed by atoms with E-state index in [0.717, 1.165) is 6.07 Å². The molecule has 0 spiro atoms. The zero-order valence-electron chi connectivity index (χ0n) is 13.0. The second kappa shape index (κ2) is 7.76. The normalized spacial score (nSPS) is 10.2. The first kappa shape index (κ1) is 18.4. The Hall–Kier alpha value is -2.93. The molecule has 6 nitrogen and oxygen atoms in total. The Kier molecular flexibility index (Phi) is 5.71. The van der Waals surface area contributed by atoms with Crippen LogP contribution in [0.15, 0.2) is 36.4 Å². The van der Waals surface area contributed by atoms with Crippen molar-refractivity contribution in [1.82, 2.24) is 0 Å². The van der Waals surface area contributed by atoms with Crippen molar-refractivity contribution in [3.05, 3.63) is 58.4 Å². The number of halogens is 2. The molecule has 1 amide bonds. The predicted molar refractivity (Wildman–Crippen MR) is 88.4 cm³/mol. The minimum Gasteiger partial charge on any atom is -0.507 e. The average Bonchev–Trinajstić information content (AvgIpc) is 2.54. The SMILES string of the molecule is CC(=O)Nc1ccc(C(=O)COC(=O)c2cc(Cl)ccc2O)c(F)c1. The summed E-state index contributed by atoms with van der Waals surface area (Å²) in [6, 6.07) is 7.29. The minimum atomic E-state index is -0.969. The fourth-order valence-corrected chi connectivity index (χ4v) is 2.15. The van der Waals surface area contributed by atoms with Gasteiger partial charge in [-0.25, -0.2) is 9.18 Å². The van der Waals surface area contributed by atoms with Crippen molar-refractivity contribution in [2.45, 2.75) is 6.92 Å². The molecule has 0 radical (unpaired) electrons. The molecular weight excluding hydrogens is 353 g/mol. The second-order valence-electron chi connectivity index (χ2n) is 5.04. The van der Waals surface area contributed by atoms with Crippen LogP contribution in [0.3, 0.4) is 0 Å². The molecule has 8 heteroatoms. The van der Waals surface area contributed by atoms with E-state index in [0.29, 0.717) is 0 Å². The molecule has 0 atom stereocenters. The molecular formula is C17H13ClFNO5. The fourth-order valence-electron chi connectivity index (χ4n) is 1.98. The summed E-state index contributed by atoms with van der Waals surface area (Å²) in [4.78, 5) is 34.8. The van der Waals surface area contributed by atoms with Crippen molar-refractivity contribution in [2.24, 2.45) is 0 Å². The van der Waals surface area contributed by atoms with E-state index in [1.165, 1.54) is 37.3 Å². The van der Waals surface area contributed by atoms with Crippen LogP contribution >= 0.6 is 11.6 Å². The number of anilines is 1. The van der Waals surface area contributed by atoms with Gasteiger partial charge in [0.25, 0.3) is 0 Å². The molecule has 25 heavy (non-hydrogen) atoms. The van der Waals surface area contributed by atoms with Crippen molar-refractivity contribution in [3.63, 3.8) is 0 Å². The number of Topliss-reactive ketones (excluding diaryl/α,β-unsaturated/α-hetero) is 1. The Morgan fingerprint density at radius 3 is 2.52 bits per heavy atom. The number of nitrogens with one attached hydrogen (secondary N) is 1. The highest BCUT2D eigenvalue weighted by molar-refractivity contribution is 6.31. The molecule has 2 N–H and O–H groups in total. The van der Waals surface area contributed by atoms with Crippen LogP contribution in [0.2, 0.25) is 5.02 Å². The number of ether oxygens (including phenoxy) is 1. The number of ketones is 1. The number of benzene rings is 2. The van der Waals surface area contributed by atoms with E-state index in [1.54, 1.807) is 0 Å². The van der Waals surface area contributed by atoms with E-state index in [1.807, 2.05) is 0 Å². The monoisotopic (exact) mass is 365 g/mol. The molecule has 0 saturated carbocycles. The Bertz CT molecular complexity index is 853. The lowest BCUT2D eigenvalue weighted by Gasteiger charge is -2.08. The van der Waals surface area contributed by atoms with Gasteiger partial charge in [0, 0.05) is 17.6 Å². The largest absolute Gasteiger partial charge is 0.507 e. The van der Waals surface area contributed by atoms with Crippen molar-refractivity contribution < 1.29 is 28.6 Å². The van der Waals surface area contributed by atoms with Gasteiger partial charge in [-0.05, 0) is 36.4 Å². The van der Waals surface area contributed by atoms with E-state index in [-0.39, 0.29) is 33.5 Å². The third kappa shape index (κ3) is 4.77. The molecule has 0 aliphatic carbocycles. The summed E-state index contributed by atoms with van der Waals surface area (Å²) in [6.07, 6.45) is 0. The fraction of sp³-hybridized carbons (Fsp3) is 0.118. The number of carbonyl (C=O) groups is 3. The van der Waals surface area contributed by atoms with Crippen molar-refractivity contribution >= 4 is 34.9 Å². The molecule has 2 aromatic rings. The molecule has 0 heterocycles. The van der Waals surface area contributed by atoms with E-state index in [4.69, 9.17) is 16.3 Å². The number of esters is 1.